The highest BCUT2D eigenvalue weighted by Gasteiger charge is 2.30. The first-order chi connectivity index (χ1) is 13.5. The maximum atomic E-state index is 12.3. The van der Waals surface area contributed by atoms with E-state index in [0.717, 1.165) is 10.5 Å². The first kappa shape index (κ1) is 19.8. The summed E-state index contributed by atoms with van der Waals surface area (Å²) in [4.78, 5) is 50.8. The van der Waals surface area contributed by atoms with Gasteiger partial charge in [0.1, 0.15) is 0 Å². The molecule has 0 N–H and O–H groups in total. The number of imide groups is 1. The van der Waals surface area contributed by atoms with Gasteiger partial charge in [0.05, 0.1) is 5.92 Å². The fraction of sp³-hybridized carbons (Fsp3) is 0.429. The van der Waals surface area contributed by atoms with E-state index in [-0.39, 0.29) is 17.7 Å². The molecule has 0 aromatic heterocycles. The number of amides is 3. The lowest BCUT2D eigenvalue weighted by Gasteiger charge is -2.30. The minimum atomic E-state index is -0.463. The van der Waals surface area contributed by atoms with Crippen molar-refractivity contribution < 1.29 is 23.9 Å². The van der Waals surface area contributed by atoms with Crippen molar-refractivity contribution in [2.24, 2.45) is 5.92 Å². The second-order valence-electron chi connectivity index (χ2n) is 6.99. The molecular formula is C21H24N2O5. The Morgan fingerprint density at radius 2 is 1.79 bits per heavy atom. The summed E-state index contributed by atoms with van der Waals surface area (Å²) in [5.74, 6) is -1.53. The predicted octanol–water partition coefficient (Wildman–Crippen LogP) is 1.63. The van der Waals surface area contributed by atoms with Crippen LogP contribution in [0.25, 0.3) is 6.08 Å². The first-order valence-corrected chi connectivity index (χ1v) is 9.56. The number of piperidine rings is 1. The van der Waals surface area contributed by atoms with Crippen molar-refractivity contribution >= 4 is 29.8 Å². The number of hydrogen-bond acceptors (Lipinski definition) is 5. The SMILES string of the molecule is O=C(OCC(=O)N1CCCC1=O)C1CCN(C(=O)/C=C/c2ccccc2)CC1. The molecule has 7 heteroatoms. The molecule has 2 heterocycles. The maximum absolute atomic E-state index is 12.3. The third-order valence-electron chi connectivity index (χ3n) is 5.07. The molecule has 0 spiro atoms. The van der Waals surface area contributed by atoms with E-state index in [4.69, 9.17) is 4.74 Å². The van der Waals surface area contributed by atoms with Gasteiger partial charge in [-0.25, -0.2) is 0 Å². The third kappa shape index (κ3) is 5.06. The first-order valence-electron chi connectivity index (χ1n) is 9.56. The molecule has 0 atom stereocenters. The Labute approximate surface area is 163 Å². The highest BCUT2D eigenvalue weighted by molar-refractivity contribution is 5.97. The normalized spacial score (nSPS) is 17.9. The monoisotopic (exact) mass is 384 g/mol. The average molecular weight is 384 g/mol. The summed E-state index contributed by atoms with van der Waals surface area (Å²) in [5, 5.41) is 0. The third-order valence-corrected chi connectivity index (χ3v) is 5.07. The van der Waals surface area contributed by atoms with Gasteiger partial charge in [-0.2, -0.15) is 0 Å². The molecule has 3 amide bonds. The molecule has 2 aliphatic rings. The molecule has 3 rings (SSSR count). The summed E-state index contributed by atoms with van der Waals surface area (Å²) in [7, 11) is 0. The van der Waals surface area contributed by atoms with Crippen molar-refractivity contribution in [2.45, 2.75) is 25.7 Å². The van der Waals surface area contributed by atoms with E-state index < -0.39 is 18.5 Å². The Kier molecular flexibility index (Phi) is 6.57. The van der Waals surface area contributed by atoms with Gasteiger partial charge in [0.15, 0.2) is 6.61 Å². The molecule has 0 unspecified atom stereocenters. The van der Waals surface area contributed by atoms with Crippen LogP contribution in [0, 0.1) is 5.92 Å². The van der Waals surface area contributed by atoms with Gasteiger partial charge in [-0.3, -0.25) is 24.1 Å². The molecule has 1 aromatic carbocycles. The van der Waals surface area contributed by atoms with E-state index in [0.29, 0.717) is 45.3 Å². The van der Waals surface area contributed by atoms with Gasteiger partial charge in [0.2, 0.25) is 11.8 Å². The van der Waals surface area contributed by atoms with E-state index in [9.17, 15) is 19.2 Å². The van der Waals surface area contributed by atoms with Gasteiger partial charge in [0.25, 0.3) is 5.91 Å². The number of esters is 1. The fourth-order valence-corrected chi connectivity index (χ4v) is 3.41. The summed E-state index contributed by atoms with van der Waals surface area (Å²) in [6.07, 6.45) is 5.34. The van der Waals surface area contributed by atoms with E-state index in [2.05, 4.69) is 0 Å². The summed E-state index contributed by atoms with van der Waals surface area (Å²) in [5.41, 5.74) is 0.954. The molecule has 28 heavy (non-hydrogen) atoms. The number of nitrogens with zero attached hydrogens (tertiary/aromatic N) is 2. The molecule has 7 nitrogen and oxygen atoms in total. The number of carbonyl (C=O) groups excluding carboxylic acids is 4. The van der Waals surface area contributed by atoms with Gasteiger partial charge in [-0.1, -0.05) is 30.3 Å². The Morgan fingerprint density at radius 3 is 2.43 bits per heavy atom. The van der Waals surface area contributed by atoms with Crippen molar-refractivity contribution in [3.63, 3.8) is 0 Å². The van der Waals surface area contributed by atoms with Crippen molar-refractivity contribution in [1.29, 1.82) is 0 Å². The van der Waals surface area contributed by atoms with Crippen LogP contribution in [0.3, 0.4) is 0 Å². The highest BCUT2D eigenvalue weighted by atomic mass is 16.5. The highest BCUT2D eigenvalue weighted by Crippen LogP contribution is 2.19. The van der Waals surface area contributed by atoms with Crippen LogP contribution in [0.1, 0.15) is 31.2 Å². The maximum Gasteiger partial charge on any atom is 0.309 e. The van der Waals surface area contributed by atoms with Crippen molar-refractivity contribution in [3.05, 3.63) is 42.0 Å². The topological polar surface area (TPSA) is 84.0 Å². The Balaban J connectivity index is 1.41. The van der Waals surface area contributed by atoms with Crippen molar-refractivity contribution in [3.8, 4) is 0 Å². The minimum Gasteiger partial charge on any atom is -0.455 e. The van der Waals surface area contributed by atoms with Crippen molar-refractivity contribution in [1.82, 2.24) is 9.80 Å². The zero-order valence-electron chi connectivity index (χ0n) is 15.7. The van der Waals surface area contributed by atoms with Crippen LogP contribution >= 0.6 is 0 Å². The molecule has 148 valence electrons. The lowest BCUT2D eigenvalue weighted by atomic mass is 9.97. The number of rotatable bonds is 5. The predicted molar refractivity (Wildman–Crippen MR) is 102 cm³/mol. The minimum absolute atomic E-state index is 0.0848. The zero-order chi connectivity index (χ0) is 19.9. The van der Waals surface area contributed by atoms with Crippen LogP contribution in [-0.4, -0.2) is 59.7 Å². The van der Waals surface area contributed by atoms with E-state index in [1.54, 1.807) is 17.1 Å². The molecule has 2 fully saturated rings. The second kappa shape index (κ2) is 9.30. The van der Waals surface area contributed by atoms with Crippen molar-refractivity contribution in [2.75, 3.05) is 26.2 Å². The van der Waals surface area contributed by atoms with Gasteiger partial charge in [-0.05, 0) is 30.9 Å². The van der Waals surface area contributed by atoms with Crippen LogP contribution in [-0.2, 0) is 23.9 Å². The second-order valence-corrected chi connectivity index (χ2v) is 6.99. The quantitative estimate of drug-likeness (QED) is 0.569. The number of benzene rings is 1. The molecule has 1 aromatic rings. The van der Waals surface area contributed by atoms with Crippen LogP contribution < -0.4 is 0 Å². The molecule has 0 aliphatic carbocycles. The van der Waals surface area contributed by atoms with Crippen LogP contribution in [0.5, 0.6) is 0 Å². The fourth-order valence-electron chi connectivity index (χ4n) is 3.41. The largest absolute Gasteiger partial charge is 0.455 e. The standard InChI is InChI=1S/C21H24N2O5/c24-18(9-8-16-5-2-1-3-6-16)22-13-10-17(11-14-22)21(27)28-15-20(26)23-12-4-7-19(23)25/h1-3,5-6,8-9,17H,4,7,10-15H2/b9-8+. The Bertz CT molecular complexity index is 766. The number of hydrogen-bond donors (Lipinski definition) is 0. The summed E-state index contributed by atoms with van der Waals surface area (Å²) in [6, 6.07) is 9.57. The number of carbonyl (C=O) groups is 4. The summed E-state index contributed by atoms with van der Waals surface area (Å²) in [6.45, 7) is 0.933. The lowest BCUT2D eigenvalue weighted by Crippen LogP contribution is -2.41. The molecule has 0 radical (unpaired) electrons. The summed E-state index contributed by atoms with van der Waals surface area (Å²) < 4.78 is 5.11. The van der Waals surface area contributed by atoms with Gasteiger partial charge in [0, 0.05) is 32.1 Å². The van der Waals surface area contributed by atoms with E-state index in [1.807, 2.05) is 30.3 Å². The summed E-state index contributed by atoms with van der Waals surface area (Å²) >= 11 is 0. The lowest BCUT2D eigenvalue weighted by molar-refractivity contribution is -0.158. The smallest absolute Gasteiger partial charge is 0.309 e. The van der Waals surface area contributed by atoms with Crippen LogP contribution in [0.2, 0.25) is 0 Å². The zero-order valence-corrected chi connectivity index (χ0v) is 15.7. The Hall–Kier alpha value is -2.96. The number of likely N-dealkylation sites (tertiary alicyclic amines) is 2. The molecule has 2 saturated heterocycles. The molecule has 0 bridgehead atoms. The Morgan fingerprint density at radius 1 is 1.07 bits per heavy atom. The average Bonchev–Trinajstić information content (AvgIpc) is 3.17. The van der Waals surface area contributed by atoms with Gasteiger partial charge in [-0.15, -0.1) is 0 Å². The van der Waals surface area contributed by atoms with Crippen LogP contribution in [0.4, 0.5) is 0 Å². The van der Waals surface area contributed by atoms with Gasteiger partial charge >= 0.3 is 5.97 Å². The molecule has 2 aliphatic heterocycles. The molecular weight excluding hydrogens is 360 g/mol. The number of ether oxygens (including phenoxy) is 1. The van der Waals surface area contributed by atoms with E-state index >= 15 is 0 Å². The van der Waals surface area contributed by atoms with E-state index in [1.165, 1.54) is 0 Å². The molecule has 0 saturated carbocycles. The van der Waals surface area contributed by atoms with Crippen LogP contribution in [0.15, 0.2) is 36.4 Å². The van der Waals surface area contributed by atoms with Gasteiger partial charge < -0.3 is 9.64 Å².